The second-order valence-electron chi connectivity index (χ2n) is 7.44. The normalized spacial score (nSPS) is 11.9. The van der Waals surface area contributed by atoms with E-state index >= 15 is 0 Å². The van der Waals surface area contributed by atoms with Crippen molar-refractivity contribution in [3.63, 3.8) is 0 Å². The van der Waals surface area contributed by atoms with E-state index in [0.29, 0.717) is 6.61 Å². The van der Waals surface area contributed by atoms with E-state index < -0.39 is 8.07 Å². The Morgan fingerprint density at radius 2 is 1.96 bits per heavy atom. The first-order valence-electron chi connectivity index (χ1n) is 8.63. The Labute approximate surface area is 163 Å². The summed E-state index contributed by atoms with van der Waals surface area (Å²) < 4.78 is 12.4. The van der Waals surface area contributed by atoms with Crippen molar-refractivity contribution in [2.75, 3.05) is 13.7 Å². The van der Waals surface area contributed by atoms with Gasteiger partial charge in [-0.05, 0) is 34.1 Å². The van der Waals surface area contributed by atoms with Crippen molar-refractivity contribution >= 4 is 35.0 Å². The second-order valence-corrected chi connectivity index (χ2v) is 13.9. The number of para-hydroxylation sites is 1. The summed E-state index contributed by atoms with van der Waals surface area (Å²) in [7, 11) is 0.559. The average Bonchev–Trinajstić information content (AvgIpc) is 3.03. The fourth-order valence-electron chi connectivity index (χ4n) is 2.76. The fourth-order valence-corrected chi connectivity index (χ4v) is 3.93. The van der Waals surface area contributed by atoms with Gasteiger partial charge in [0.05, 0.1) is 19.1 Å². The van der Waals surface area contributed by atoms with E-state index in [1.54, 1.807) is 13.3 Å². The van der Waals surface area contributed by atoms with Gasteiger partial charge in [-0.1, -0.05) is 31.8 Å². The molecule has 138 valence electrons. The molecule has 2 aromatic heterocycles. The molecule has 0 aliphatic rings. The highest BCUT2D eigenvalue weighted by atomic mass is 79.9. The van der Waals surface area contributed by atoms with Gasteiger partial charge in [0.1, 0.15) is 11.4 Å². The molecule has 0 spiro atoms. The largest absolute Gasteiger partial charge is 0.496 e. The number of aromatic amines is 1. The van der Waals surface area contributed by atoms with Crippen LogP contribution in [-0.2, 0) is 11.3 Å². The van der Waals surface area contributed by atoms with Crippen LogP contribution in [0.5, 0.6) is 5.75 Å². The van der Waals surface area contributed by atoms with Crippen LogP contribution in [0.3, 0.4) is 0 Å². The zero-order chi connectivity index (χ0) is 18.7. The molecular formula is C19H24BrN3O2Si. The maximum absolute atomic E-state index is 6.01. The number of hydrogen-bond donors (Lipinski definition) is 1. The molecule has 1 N–H and O–H groups in total. The van der Waals surface area contributed by atoms with Crippen LogP contribution < -0.4 is 4.74 Å². The van der Waals surface area contributed by atoms with E-state index in [1.165, 1.54) is 0 Å². The van der Waals surface area contributed by atoms with E-state index in [-0.39, 0.29) is 0 Å². The van der Waals surface area contributed by atoms with Crippen molar-refractivity contribution in [1.82, 2.24) is 15.2 Å². The van der Waals surface area contributed by atoms with Gasteiger partial charge < -0.3 is 9.47 Å². The molecule has 0 bridgehead atoms. The summed E-state index contributed by atoms with van der Waals surface area (Å²) in [5.41, 5.74) is 3.57. The number of ether oxygens (including phenoxy) is 2. The minimum Gasteiger partial charge on any atom is -0.496 e. The summed E-state index contributed by atoms with van der Waals surface area (Å²) in [6.07, 6.45) is 1.80. The molecule has 0 saturated heterocycles. The van der Waals surface area contributed by atoms with E-state index in [9.17, 15) is 0 Å². The topological polar surface area (TPSA) is 60.0 Å². The number of halogens is 1. The number of hydrogen-bond acceptors (Lipinski definition) is 4. The lowest BCUT2D eigenvalue weighted by Gasteiger charge is -2.16. The molecule has 26 heavy (non-hydrogen) atoms. The number of nitrogens with zero attached hydrogens (tertiary/aromatic N) is 2. The van der Waals surface area contributed by atoms with Crippen LogP contribution in [-0.4, -0.2) is 37.0 Å². The smallest absolute Gasteiger partial charge is 0.156 e. The first-order valence-corrected chi connectivity index (χ1v) is 13.1. The van der Waals surface area contributed by atoms with Crippen LogP contribution in [0.4, 0.5) is 0 Å². The Morgan fingerprint density at radius 1 is 1.19 bits per heavy atom. The van der Waals surface area contributed by atoms with E-state index in [4.69, 9.17) is 9.47 Å². The number of rotatable bonds is 7. The summed E-state index contributed by atoms with van der Waals surface area (Å²) >= 11 is 3.63. The lowest BCUT2D eigenvalue weighted by atomic mass is 10.0. The van der Waals surface area contributed by atoms with Crippen molar-refractivity contribution in [1.29, 1.82) is 0 Å². The van der Waals surface area contributed by atoms with Crippen LogP contribution in [0, 0.1) is 0 Å². The van der Waals surface area contributed by atoms with Crippen molar-refractivity contribution in [2.45, 2.75) is 32.3 Å². The molecule has 3 rings (SSSR count). The SMILES string of the molecule is COc1ccccc1-c1n[nH]c2ncc(Br)c(COCC[Si](C)(C)C)c12. The van der Waals surface area contributed by atoms with Crippen LogP contribution in [0.2, 0.25) is 25.7 Å². The number of methoxy groups -OCH3 is 1. The summed E-state index contributed by atoms with van der Waals surface area (Å²) in [6, 6.07) is 9.01. The van der Waals surface area contributed by atoms with E-state index in [0.717, 1.165) is 50.7 Å². The summed E-state index contributed by atoms with van der Waals surface area (Å²) in [5, 5.41) is 8.51. The molecule has 5 nitrogen and oxygen atoms in total. The summed E-state index contributed by atoms with van der Waals surface area (Å²) in [6.45, 7) is 8.35. The first-order chi connectivity index (χ1) is 12.4. The maximum Gasteiger partial charge on any atom is 0.156 e. The molecule has 1 aromatic carbocycles. The van der Waals surface area contributed by atoms with Gasteiger partial charge in [-0.25, -0.2) is 4.98 Å². The Hall–Kier alpha value is -1.70. The number of nitrogens with one attached hydrogen (secondary N) is 1. The molecule has 0 fully saturated rings. The van der Waals surface area contributed by atoms with Crippen molar-refractivity contribution in [3.8, 4) is 17.0 Å². The number of aromatic nitrogens is 3. The van der Waals surface area contributed by atoms with Gasteiger partial charge >= 0.3 is 0 Å². The van der Waals surface area contributed by atoms with Gasteiger partial charge in [-0.2, -0.15) is 5.10 Å². The molecule has 2 heterocycles. The number of pyridine rings is 1. The zero-order valence-electron chi connectivity index (χ0n) is 15.6. The van der Waals surface area contributed by atoms with Crippen LogP contribution in [0.25, 0.3) is 22.3 Å². The Bertz CT molecular complexity index is 905. The van der Waals surface area contributed by atoms with E-state index in [2.05, 4.69) is 50.8 Å². The predicted octanol–water partition coefficient (Wildman–Crippen LogP) is 5.25. The lowest BCUT2D eigenvalue weighted by molar-refractivity contribution is 0.133. The molecule has 0 atom stereocenters. The average molecular weight is 434 g/mol. The third-order valence-corrected chi connectivity index (χ3v) is 6.64. The minimum absolute atomic E-state index is 0.520. The van der Waals surface area contributed by atoms with E-state index in [1.807, 2.05) is 24.3 Å². The van der Waals surface area contributed by atoms with Crippen molar-refractivity contribution in [2.24, 2.45) is 0 Å². The van der Waals surface area contributed by atoms with Gasteiger partial charge in [-0.3, -0.25) is 5.10 Å². The monoisotopic (exact) mass is 433 g/mol. The highest BCUT2D eigenvalue weighted by molar-refractivity contribution is 9.10. The van der Waals surface area contributed by atoms with Crippen LogP contribution in [0.1, 0.15) is 5.56 Å². The Balaban J connectivity index is 1.98. The molecule has 0 radical (unpaired) electrons. The standard InChI is InChI=1S/C19H24BrN3O2Si/c1-24-16-8-6-5-7-13(16)18-17-14(12-25-9-10-26(2,3)4)15(20)11-21-19(17)23-22-18/h5-8,11H,9-10,12H2,1-4H3,(H,21,22,23). The third kappa shape index (κ3) is 4.16. The number of fused-ring (bicyclic) bond motifs is 1. The van der Waals surface area contributed by atoms with Crippen molar-refractivity contribution < 1.29 is 9.47 Å². The predicted molar refractivity (Wildman–Crippen MR) is 111 cm³/mol. The quantitative estimate of drug-likeness (QED) is 0.408. The maximum atomic E-state index is 6.01. The Kier molecular flexibility index (Phi) is 5.79. The molecule has 7 heteroatoms. The lowest BCUT2D eigenvalue weighted by Crippen LogP contribution is -2.21. The van der Waals surface area contributed by atoms with Gasteiger partial charge in [-0.15, -0.1) is 0 Å². The fraction of sp³-hybridized carbons (Fsp3) is 0.368. The molecule has 0 aliphatic heterocycles. The molecule has 0 amide bonds. The summed E-state index contributed by atoms with van der Waals surface area (Å²) in [5.74, 6) is 0.784. The van der Waals surface area contributed by atoms with Gasteiger partial charge in [0.15, 0.2) is 5.65 Å². The van der Waals surface area contributed by atoms with Crippen LogP contribution in [0.15, 0.2) is 34.9 Å². The van der Waals surface area contributed by atoms with Gasteiger partial charge in [0, 0.05) is 36.5 Å². The number of benzene rings is 1. The molecular weight excluding hydrogens is 410 g/mol. The van der Waals surface area contributed by atoms with Gasteiger partial charge in [0.25, 0.3) is 0 Å². The molecule has 0 saturated carbocycles. The zero-order valence-corrected chi connectivity index (χ0v) is 18.2. The van der Waals surface area contributed by atoms with Crippen molar-refractivity contribution in [3.05, 3.63) is 40.5 Å². The molecule has 3 aromatic rings. The number of H-pyrrole nitrogens is 1. The molecule has 0 aliphatic carbocycles. The minimum atomic E-state index is -1.11. The highest BCUT2D eigenvalue weighted by Crippen LogP contribution is 2.36. The highest BCUT2D eigenvalue weighted by Gasteiger charge is 2.19. The molecule has 0 unspecified atom stereocenters. The summed E-state index contributed by atoms with van der Waals surface area (Å²) in [4.78, 5) is 4.46. The van der Waals surface area contributed by atoms with Crippen LogP contribution >= 0.6 is 15.9 Å². The van der Waals surface area contributed by atoms with Gasteiger partial charge in [0.2, 0.25) is 0 Å². The Morgan fingerprint density at radius 3 is 2.69 bits per heavy atom. The second kappa shape index (κ2) is 7.90. The third-order valence-electron chi connectivity index (χ3n) is 4.25. The first kappa shape index (κ1) is 19.1.